The van der Waals surface area contributed by atoms with E-state index in [1.807, 2.05) is 6.92 Å². The van der Waals surface area contributed by atoms with E-state index < -0.39 is 0 Å². The topological polar surface area (TPSA) is 42.9 Å². The van der Waals surface area contributed by atoms with Crippen LogP contribution in [0, 0.1) is 6.92 Å². The maximum absolute atomic E-state index is 10.9. The Morgan fingerprint density at radius 1 is 1.17 bits per heavy atom. The molecule has 0 amide bonds. The fourth-order valence-electron chi connectivity index (χ4n) is 2.60. The molecule has 1 aromatic heterocycles. The Balaban J connectivity index is 1.94. The molecule has 0 fully saturated rings. The molecule has 0 unspecified atom stereocenters. The lowest BCUT2D eigenvalue weighted by molar-refractivity contribution is 0.111. The van der Waals surface area contributed by atoms with Gasteiger partial charge in [-0.1, -0.05) is 24.3 Å². The van der Waals surface area contributed by atoms with E-state index in [0.717, 1.165) is 30.6 Å². The summed E-state index contributed by atoms with van der Waals surface area (Å²) in [5, 5.41) is 0. The van der Waals surface area contributed by atoms with E-state index in [1.165, 1.54) is 11.1 Å². The van der Waals surface area contributed by atoms with Crippen LogP contribution in [-0.4, -0.2) is 16.3 Å². The first-order valence-corrected chi connectivity index (χ1v) is 6.14. The normalized spacial score (nSPS) is 14.5. The molecule has 0 N–H and O–H groups in total. The Labute approximate surface area is 106 Å². The Morgan fingerprint density at radius 3 is 2.44 bits per heavy atom. The summed E-state index contributed by atoms with van der Waals surface area (Å²) in [5.74, 6) is 1.11. The van der Waals surface area contributed by atoms with E-state index in [1.54, 1.807) is 6.07 Å². The minimum absolute atomic E-state index is 0.306. The van der Waals surface area contributed by atoms with Crippen LogP contribution in [0.1, 0.15) is 39.1 Å². The van der Waals surface area contributed by atoms with Crippen LogP contribution in [0.5, 0.6) is 0 Å². The molecule has 2 aromatic rings. The van der Waals surface area contributed by atoms with Crippen LogP contribution < -0.4 is 0 Å². The zero-order chi connectivity index (χ0) is 12.5. The van der Waals surface area contributed by atoms with E-state index >= 15 is 0 Å². The van der Waals surface area contributed by atoms with Gasteiger partial charge in [-0.15, -0.1) is 0 Å². The minimum atomic E-state index is 0.306. The molecule has 1 aliphatic carbocycles. The largest absolute Gasteiger partial charge is 0.296 e. The molecule has 90 valence electrons. The summed E-state index contributed by atoms with van der Waals surface area (Å²) in [6.07, 6.45) is 2.73. The third-order valence-corrected chi connectivity index (χ3v) is 3.43. The van der Waals surface area contributed by atoms with Crippen molar-refractivity contribution in [1.29, 1.82) is 0 Å². The molecule has 0 radical (unpaired) electrons. The molecular weight excluding hydrogens is 224 g/mol. The average Bonchev–Trinajstić information content (AvgIpc) is 2.81. The third kappa shape index (κ3) is 1.92. The quantitative estimate of drug-likeness (QED) is 0.755. The SMILES string of the molecule is Cc1cc(C=O)nc(C2Cc3ccccc3C2)n1. The maximum Gasteiger partial charge on any atom is 0.168 e. The van der Waals surface area contributed by atoms with Crippen molar-refractivity contribution in [3.05, 3.63) is 58.7 Å². The predicted molar refractivity (Wildman–Crippen MR) is 68.7 cm³/mol. The fraction of sp³-hybridized carbons (Fsp3) is 0.267. The van der Waals surface area contributed by atoms with Gasteiger partial charge in [0.2, 0.25) is 0 Å². The summed E-state index contributed by atoms with van der Waals surface area (Å²) >= 11 is 0. The monoisotopic (exact) mass is 238 g/mol. The van der Waals surface area contributed by atoms with Crippen molar-refractivity contribution in [3.8, 4) is 0 Å². The molecule has 1 aliphatic rings. The fourth-order valence-corrected chi connectivity index (χ4v) is 2.60. The van der Waals surface area contributed by atoms with E-state index in [4.69, 9.17) is 0 Å². The highest BCUT2D eigenvalue weighted by molar-refractivity contribution is 5.71. The molecule has 18 heavy (non-hydrogen) atoms. The number of aromatic nitrogens is 2. The summed E-state index contributed by atoms with van der Waals surface area (Å²) < 4.78 is 0. The van der Waals surface area contributed by atoms with Crippen LogP contribution in [0.15, 0.2) is 30.3 Å². The highest BCUT2D eigenvalue weighted by Crippen LogP contribution is 2.32. The highest BCUT2D eigenvalue weighted by Gasteiger charge is 2.24. The first-order chi connectivity index (χ1) is 8.76. The zero-order valence-corrected chi connectivity index (χ0v) is 10.3. The van der Waals surface area contributed by atoms with Crippen LogP contribution in [0.25, 0.3) is 0 Å². The lowest BCUT2D eigenvalue weighted by Gasteiger charge is -2.08. The van der Waals surface area contributed by atoms with E-state index in [9.17, 15) is 4.79 Å². The van der Waals surface area contributed by atoms with Crippen molar-refractivity contribution in [2.75, 3.05) is 0 Å². The number of aldehydes is 1. The number of aryl methyl sites for hydroxylation is 1. The number of benzene rings is 1. The number of carbonyl (C=O) groups excluding carboxylic acids is 1. The Hall–Kier alpha value is -2.03. The van der Waals surface area contributed by atoms with Crippen molar-refractivity contribution in [1.82, 2.24) is 9.97 Å². The first kappa shape index (κ1) is 11.1. The number of carbonyl (C=O) groups is 1. The standard InChI is InChI=1S/C15H14N2O/c1-10-6-14(9-18)17-15(16-10)13-7-11-4-2-3-5-12(11)8-13/h2-6,9,13H,7-8H2,1H3. The van der Waals surface area contributed by atoms with Crippen LogP contribution in [0.2, 0.25) is 0 Å². The summed E-state index contributed by atoms with van der Waals surface area (Å²) in [5.41, 5.74) is 4.09. The van der Waals surface area contributed by atoms with Crippen LogP contribution in [0.3, 0.4) is 0 Å². The van der Waals surface area contributed by atoms with Gasteiger partial charge in [-0.2, -0.15) is 0 Å². The van der Waals surface area contributed by atoms with Crippen LogP contribution in [-0.2, 0) is 12.8 Å². The van der Waals surface area contributed by atoms with Crippen LogP contribution >= 0.6 is 0 Å². The Morgan fingerprint density at radius 2 is 1.83 bits per heavy atom. The van der Waals surface area contributed by atoms with E-state index in [2.05, 4.69) is 34.2 Å². The van der Waals surface area contributed by atoms with Crippen molar-refractivity contribution < 1.29 is 4.79 Å². The van der Waals surface area contributed by atoms with Gasteiger partial charge < -0.3 is 0 Å². The molecule has 0 saturated heterocycles. The summed E-state index contributed by atoms with van der Waals surface area (Å²) in [6.45, 7) is 1.90. The van der Waals surface area contributed by atoms with E-state index in [-0.39, 0.29) is 0 Å². The van der Waals surface area contributed by atoms with E-state index in [0.29, 0.717) is 11.6 Å². The van der Waals surface area contributed by atoms with Crippen molar-refractivity contribution in [3.63, 3.8) is 0 Å². The van der Waals surface area contributed by atoms with Gasteiger partial charge in [0, 0.05) is 11.6 Å². The number of hydrogen-bond donors (Lipinski definition) is 0. The maximum atomic E-state index is 10.9. The van der Waals surface area contributed by atoms with Gasteiger partial charge in [-0.05, 0) is 37.0 Å². The van der Waals surface area contributed by atoms with Gasteiger partial charge in [-0.3, -0.25) is 4.79 Å². The minimum Gasteiger partial charge on any atom is -0.296 e. The second kappa shape index (κ2) is 4.33. The number of rotatable bonds is 2. The lowest BCUT2D eigenvalue weighted by atomic mass is 10.1. The molecule has 1 aromatic carbocycles. The van der Waals surface area contributed by atoms with Gasteiger partial charge >= 0.3 is 0 Å². The molecule has 0 spiro atoms. The number of nitrogens with zero attached hydrogens (tertiary/aromatic N) is 2. The lowest BCUT2D eigenvalue weighted by Crippen LogP contribution is -2.07. The number of fused-ring (bicyclic) bond motifs is 1. The van der Waals surface area contributed by atoms with Crippen LogP contribution in [0.4, 0.5) is 0 Å². The molecule has 0 saturated carbocycles. The summed E-state index contributed by atoms with van der Waals surface area (Å²) in [4.78, 5) is 19.7. The molecule has 0 bridgehead atoms. The van der Waals surface area contributed by atoms with Gasteiger partial charge in [0.1, 0.15) is 11.5 Å². The molecule has 3 heteroatoms. The second-order valence-corrected chi connectivity index (χ2v) is 4.78. The smallest absolute Gasteiger partial charge is 0.168 e. The summed E-state index contributed by atoms with van der Waals surface area (Å²) in [6, 6.07) is 10.2. The first-order valence-electron chi connectivity index (χ1n) is 6.14. The van der Waals surface area contributed by atoms with Gasteiger partial charge in [0.25, 0.3) is 0 Å². The Bertz CT molecular complexity index is 582. The second-order valence-electron chi connectivity index (χ2n) is 4.78. The van der Waals surface area contributed by atoms with Gasteiger partial charge in [0.05, 0.1) is 0 Å². The average molecular weight is 238 g/mol. The Kier molecular flexibility index (Phi) is 2.67. The predicted octanol–water partition coefficient (Wildman–Crippen LogP) is 2.48. The molecular formula is C15H14N2O. The van der Waals surface area contributed by atoms with Gasteiger partial charge in [-0.25, -0.2) is 9.97 Å². The number of hydrogen-bond acceptors (Lipinski definition) is 3. The van der Waals surface area contributed by atoms with Gasteiger partial charge in [0.15, 0.2) is 6.29 Å². The molecule has 1 heterocycles. The molecule has 0 atom stereocenters. The third-order valence-electron chi connectivity index (χ3n) is 3.43. The highest BCUT2D eigenvalue weighted by atomic mass is 16.1. The van der Waals surface area contributed by atoms with Crippen molar-refractivity contribution >= 4 is 6.29 Å². The zero-order valence-electron chi connectivity index (χ0n) is 10.3. The summed E-state index contributed by atoms with van der Waals surface area (Å²) in [7, 11) is 0. The molecule has 3 rings (SSSR count). The molecule has 0 aliphatic heterocycles. The van der Waals surface area contributed by atoms with Crippen molar-refractivity contribution in [2.24, 2.45) is 0 Å². The molecule has 3 nitrogen and oxygen atoms in total. The van der Waals surface area contributed by atoms with Crippen molar-refractivity contribution in [2.45, 2.75) is 25.7 Å².